The summed E-state index contributed by atoms with van der Waals surface area (Å²) < 4.78 is 4.82. The zero-order valence-electron chi connectivity index (χ0n) is 7.90. The Morgan fingerprint density at radius 2 is 1.93 bits per heavy atom. The lowest BCUT2D eigenvalue weighted by Crippen LogP contribution is -2.19. The molecule has 3 N–H and O–H groups in total. The van der Waals surface area contributed by atoms with Crippen LogP contribution < -0.4 is 15.8 Å². The molecule has 0 bridgehead atoms. The van der Waals surface area contributed by atoms with E-state index in [1.165, 1.54) is 12.1 Å². The second-order valence-corrected chi connectivity index (χ2v) is 2.64. The van der Waals surface area contributed by atoms with E-state index in [1.807, 2.05) is 0 Å². The Hall–Kier alpha value is -2.30. The summed E-state index contributed by atoms with van der Waals surface area (Å²) in [6, 6.07) is 5.55. The molecular formula is C10H10N2O3. The third kappa shape index (κ3) is 3.51. The minimum Gasteiger partial charge on any atom is -0.423 e. The fourth-order valence-electron chi connectivity index (χ4n) is 0.906. The van der Waals surface area contributed by atoms with Crippen molar-refractivity contribution >= 4 is 17.7 Å². The van der Waals surface area contributed by atoms with Crippen molar-refractivity contribution < 1.29 is 14.3 Å². The van der Waals surface area contributed by atoms with Gasteiger partial charge in [0.2, 0.25) is 0 Å². The van der Waals surface area contributed by atoms with Crippen LogP contribution in [0.1, 0.15) is 0 Å². The Morgan fingerprint density at radius 3 is 2.40 bits per heavy atom. The van der Waals surface area contributed by atoms with Crippen LogP contribution in [-0.2, 0) is 4.79 Å². The van der Waals surface area contributed by atoms with Gasteiger partial charge in [0, 0.05) is 11.8 Å². The van der Waals surface area contributed by atoms with Crippen LogP contribution in [0.25, 0.3) is 0 Å². The topological polar surface area (TPSA) is 81.4 Å². The predicted octanol–water partition coefficient (Wildman–Crippen LogP) is 1.27. The van der Waals surface area contributed by atoms with Crippen molar-refractivity contribution in [2.45, 2.75) is 0 Å². The Kier molecular flexibility index (Phi) is 3.45. The van der Waals surface area contributed by atoms with Crippen LogP contribution >= 0.6 is 0 Å². The standard InChI is InChI=1S/C10H10N2O3/c1-2-9(13)15-8-5-3-7(4-6-8)12-10(11)14/h2-6H,1H2,(H3,11,12,14). The second kappa shape index (κ2) is 4.80. The maximum absolute atomic E-state index is 10.8. The van der Waals surface area contributed by atoms with Gasteiger partial charge in [-0.15, -0.1) is 0 Å². The molecular weight excluding hydrogens is 196 g/mol. The Balaban J connectivity index is 2.67. The third-order valence-corrected chi connectivity index (χ3v) is 1.51. The zero-order valence-corrected chi connectivity index (χ0v) is 7.90. The summed E-state index contributed by atoms with van der Waals surface area (Å²) in [7, 11) is 0. The summed E-state index contributed by atoms with van der Waals surface area (Å²) in [4.78, 5) is 21.3. The van der Waals surface area contributed by atoms with Crippen LogP contribution in [0.4, 0.5) is 10.5 Å². The van der Waals surface area contributed by atoms with Crippen molar-refractivity contribution in [2.75, 3.05) is 5.32 Å². The van der Waals surface area contributed by atoms with E-state index in [0.29, 0.717) is 11.4 Å². The van der Waals surface area contributed by atoms with Gasteiger partial charge in [0.25, 0.3) is 0 Å². The lowest BCUT2D eigenvalue weighted by molar-refractivity contribution is -0.128. The first-order valence-electron chi connectivity index (χ1n) is 4.12. The molecule has 2 amide bonds. The molecule has 1 aromatic rings. The van der Waals surface area contributed by atoms with E-state index < -0.39 is 12.0 Å². The summed E-state index contributed by atoms with van der Waals surface area (Å²) in [5.41, 5.74) is 5.44. The van der Waals surface area contributed by atoms with Gasteiger partial charge in [0.1, 0.15) is 5.75 Å². The molecule has 0 atom stereocenters. The quantitative estimate of drug-likeness (QED) is 0.444. The van der Waals surface area contributed by atoms with Crippen molar-refractivity contribution in [3.05, 3.63) is 36.9 Å². The Labute approximate surface area is 86.5 Å². The molecule has 0 saturated heterocycles. The number of benzene rings is 1. The van der Waals surface area contributed by atoms with E-state index in [9.17, 15) is 9.59 Å². The number of ether oxygens (including phenoxy) is 1. The molecule has 0 aliphatic carbocycles. The summed E-state index contributed by atoms with van der Waals surface area (Å²) in [5, 5.41) is 2.38. The minimum atomic E-state index is -0.647. The number of hydrogen-bond acceptors (Lipinski definition) is 3. The van der Waals surface area contributed by atoms with Gasteiger partial charge in [-0.25, -0.2) is 9.59 Å². The lowest BCUT2D eigenvalue weighted by Gasteiger charge is -2.03. The highest BCUT2D eigenvalue weighted by Gasteiger charge is 2.00. The summed E-state index contributed by atoms with van der Waals surface area (Å²) in [5.74, 6) is -0.166. The summed E-state index contributed by atoms with van der Waals surface area (Å²) in [6.45, 7) is 3.27. The maximum atomic E-state index is 10.8. The van der Waals surface area contributed by atoms with E-state index >= 15 is 0 Å². The molecule has 78 valence electrons. The third-order valence-electron chi connectivity index (χ3n) is 1.51. The lowest BCUT2D eigenvalue weighted by atomic mass is 10.3. The van der Waals surface area contributed by atoms with Crippen LogP contribution in [0.15, 0.2) is 36.9 Å². The largest absolute Gasteiger partial charge is 0.423 e. The number of anilines is 1. The molecule has 0 saturated carbocycles. The number of carbonyl (C=O) groups is 2. The maximum Gasteiger partial charge on any atom is 0.335 e. The van der Waals surface area contributed by atoms with Crippen molar-refractivity contribution in [2.24, 2.45) is 5.73 Å². The van der Waals surface area contributed by atoms with E-state index in [0.717, 1.165) is 6.08 Å². The SMILES string of the molecule is C=CC(=O)Oc1ccc(NC(N)=O)cc1. The second-order valence-electron chi connectivity index (χ2n) is 2.64. The molecule has 0 fully saturated rings. The molecule has 0 aliphatic rings. The van der Waals surface area contributed by atoms with E-state index in [2.05, 4.69) is 11.9 Å². The zero-order chi connectivity index (χ0) is 11.3. The normalized spacial score (nSPS) is 9.07. The van der Waals surface area contributed by atoms with Gasteiger partial charge in [0.05, 0.1) is 0 Å². The highest BCUT2D eigenvalue weighted by Crippen LogP contribution is 2.15. The molecule has 15 heavy (non-hydrogen) atoms. The van der Waals surface area contributed by atoms with Gasteiger partial charge in [-0.3, -0.25) is 0 Å². The molecule has 0 spiro atoms. The van der Waals surface area contributed by atoms with Gasteiger partial charge in [-0.1, -0.05) is 6.58 Å². The first-order chi connectivity index (χ1) is 7.11. The van der Waals surface area contributed by atoms with E-state index in [1.54, 1.807) is 12.1 Å². The average molecular weight is 206 g/mol. The van der Waals surface area contributed by atoms with E-state index in [4.69, 9.17) is 10.5 Å². The average Bonchev–Trinajstić information content (AvgIpc) is 2.20. The molecule has 0 radical (unpaired) electrons. The Morgan fingerprint density at radius 1 is 1.33 bits per heavy atom. The minimum absolute atomic E-state index is 0.370. The number of primary amides is 1. The molecule has 5 nitrogen and oxygen atoms in total. The molecule has 0 aliphatic heterocycles. The first kappa shape index (κ1) is 10.8. The van der Waals surface area contributed by atoms with Gasteiger partial charge >= 0.3 is 12.0 Å². The molecule has 5 heteroatoms. The van der Waals surface area contributed by atoms with Crippen molar-refractivity contribution in [3.8, 4) is 5.75 Å². The van der Waals surface area contributed by atoms with Gasteiger partial charge in [-0.05, 0) is 24.3 Å². The van der Waals surface area contributed by atoms with Crippen LogP contribution in [0.2, 0.25) is 0 Å². The van der Waals surface area contributed by atoms with Crippen LogP contribution in [0, 0.1) is 0 Å². The summed E-state index contributed by atoms with van der Waals surface area (Å²) in [6.07, 6.45) is 1.07. The fourth-order valence-corrected chi connectivity index (χ4v) is 0.906. The molecule has 1 aromatic carbocycles. The van der Waals surface area contributed by atoms with Crippen molar-refractivity contribution in [3.63, 3.8) is 0 Å². The first-order valence-corrected chi connectivity index (χ1v) is 4.12. The number of urea groups is 1. The number of carbonyl (C=O) groups excluding carboxylic acids is 2. The number of hydrogen-bond donors (Lipinski definition) is 2. The van der Waals surface area contributed by atoms with E-state index in [-0.39, 0.29) is 0 Å². The molecule has 0 aromatic heterocycles. The number of amides is 2. The van der Waals surface area contributed by atoms with Crippen LogP contribution in [-0.4, -0.2) is 12.0 Å². The van der Waals surface area contributed by atoms with Crippen LogP contribution in [0.5, 0.6) is 5.75 Å². The van der Waals surface area contributed by atoms with Gasteiger partial charge in [-0.2, -0.15) is 0 Å². The summed E-state index contributed by atoms with van der Waals surface area (Å²) >= 11 is 0. The number of esters is 1. The van der Waals surface area contributed by atoms with Crippen molar-refractivity contribution in [1.29, 1.82) is 0 Å². The number of rotatable bonds is 3. The molecule has 0 unspecified atom stereocenters. The highest BCUT2D eigenvalue weighted by molar-refractivity contribution is 5.88. The van der Waals surface area contributed by atoms with Crippen LogP contribution in [0.3, 0.4) is 0 Å². The van der Waals surface area contributed by atoms with Gasteiger partial charge < -0.3 is 15.8 Å². The fraction of sp³-hybridized carbons (Fsp3) is 0. The highest BCUT2D eigenvalue weighted by atomic mass is 16.5. The molecule has 1 rings (SSSR count). The molecule has 0 heterocycles. The number of nitrogens with two attached hydrogens (primary N) is 1. The predicted molar refractivity (Wildman–Crippen MR) is 55.5 cm³/mol. The smallest absolute Gasteiger partial charge is 0.335 e. The van der Waals surface area contributed by atoms with Crippen molar-refractivity contribution in [1.82, 2.24) is 0 Å². The van der Waals surface area contributed by atoms with Gasteiger partial charge in [0.15, 0.2) is 0 Å². The monoisotopic (exact) mass is 206 g/mol. The number of nitrogens with one attached hydrogen (secondary N) is 1. The Bertz CT molecular complexity index is 384.